The third-order valence-corrected chi connectivity index (χ3v) is 4.40. The molecule has 1 N–H and O–H groups in total. The Morgan fingerprint density at radius 2 is 1.67 bits per heavy atom. The molecule has 1 heterocycles. The number of imide groups is 1. The fourth-order valence-corrected chi connectivity index (χ4v) is 3.05. The van der Waals surface area contributed by atoms with Crippen molar-refractivity contribution in [1.29, 1.82) is 0 Å². The van der Waals surface area contributed by atoms with Gasteiger partial charge in [-0.05, 0) is 25.0 Å². The van der Waals surface area contributed by atoms with Gasteiger partial charge in [-0.1, -0.05) is 12.1 Å². The lowest BCUT2D eigenvalue weighted by atomic mass is 10.1. The minimum absolute atomic E-state index is 0.263. The van der Waals surface area contributed by atoms with E-state index in [1.807, 2.05) is 0 Å². The van der Waals surface area contributed by atoms with Gasteiger partial charge >= 0.3 is 10.4 Å². The molecule has 114 valence electrons. The number of hydrogen-bond donors (Lipinski definition) is 1. The van der Waals surface area contributed by atoms with Crippen molar-refractivity contribution in [2.45, 2.75) is 12.8 Å². The molecule has 0 aromatic heterocycles. The van der Waals surface area contributed by atoms with Crippen LogP contribution in [-0.4, -0.2) is 42.0 Å². The molecule has 1 aromatic rings. The SMILES string of the molecule is O=C1c2ccccc2C(=O)N1CCCCSOS(=O)(=O)O. The van der Waals surface area contributed by atoms with Crippen LogP contribution in [0.5, 0.6) is 0 Å². The summed E-state index contributed by atoms with van der Waals surface area (Å²) in [6, 6.07) is 6.64. The van der Waals surface area contributed by atoms with Crippen molar-refractivity contribution in [2.24, 2.45) is 0 Å². The second-order valence-electron chi connectivity index (χ2n) is 4.33. The molecule has 0 saturated heterocycles. The Hall–Kier alpha value is -1.42. The summed E-state index contributed by atoms with van der Waals surface area (Å²) in [7, 11) is -4.44. The molecular weight excluding hydrogens is 318 g/mol. The second-order valence-corrected chi connectivity index (χ2v) is 6.38. The highest BCUT2D eigenvalue weighted by molar-refractivity contribution is 8.02. The van der Waals surface area contributed by atoms with Crippen LogP contribution in [0.15, 0.2) is 24.3 Å². The summed E-state index contributed by atoms with van der Waals surface area (Å²) in [5, 5.41) is 0. The minimum atomic E-state index is -4.44. The van der Waals surface area contributed by atoms with E-state index in [2.05, 4.69) is 3.63 Å². The number of unbranched alkanes of at least 4 members (excludes halogenated alkanes) is 1. The number of amides is 2. The molecule has 7 nitrogen and oxygen atoms in total. The first-order valence-electron chi connectivity index (χ1n) is 6.14. The van der Waals surface area contributed by atoms with Gasteiger partial charge in [-0.15, -0.1) is 0 Å². The highest BCUT2D eigenvalue weighted by atomic mass is 32.3. The van der Waals surface area contributed by atoms with E-state index < -0.39 is 10.4 Å². The fraction of sp³-hybridized carbons (Fsp3) is 0.333. The molecule has 21 heavy (non-hydrogen) atoms. The zero-order valence-corrected chi connectivity index (χ0v) is 12.5. The van der Waals surface area contributed by atoms with Crippen LogP contribution >= 0.6 is 12.0 Å². The van der Waals surface area contributed by atoms with Gasteiger partial charge in [0.05, 0.1) is 11.1 Å². The largest absolute Gasteiger partial charge is 0.408 e. The molecule has 1 aliphatic heterocycles. The Bertz CT molecular complexity index is 622. The van der Waals surface area contributed by atoms with Gasteiger partial charge in [0.2, 0.25) is 0 Å². The summed E-state index contributed by atoms with van der Waals surface area (Å²) in [5.74, 6) is -0.293. The van der Waals surface area contributed by atoms with E-state index in [-0.39, 0.29) is 18.4 Å². The van der Waals surface area contributed by atoms with Crippen molar-refractivity contribution in [3.05, 3.63) is 35.4 Å². The lowest BCUT2D eigenvalue weighted by Gasteiger charge is -2.13. The lowest BCUT2D eigenvalue weighted by molar-refractivity contribution is 0.0652. The zero-order chi connectivity index (χ0) is 15.5. The van der Waals surface area contributed by atoms with Crippen molar-refractivity contribution >= 4 is 34.3 Å². The molecule has 0 fully saturated rings. The van der Waals surface area contributed by atoms with Crippen LogP contribution in [0, 0.1) is 0 Å². The number of carbonyl (C=O) groups is 2. The van der Waals surface area contributed by atoms with Crippen LogP contribution in [0.2, 0.25) is 0 Å². The molecule has 0 radical (unpaired) electrons. The van der Waals surface area contributed by atoms with Gasteiger partial charge in [0.15, 0.2) is 0 Å². The maximum absolute atomic E-state index is 12.0. The van der Waals surface area contributed by atoms with Crippen LogP contribution in [0.3, 0.4) is 0 Å². The van der Waals surface area contributed by atoms with Gasteiger partial charge in [-0.25, -0.2) is 0 Å². The average molecular weight is 331 g/mol. The monoisotopic (exact) mass is 331 g/mol. The maximum Gasteiger partial charge on any atom is 0.408 e. The minimum Gasteiger partial charge on any atom is -0.274 e. The molecule has 0 saturated carbocycles. The first-order chi connectivity index (χ1) is 9.90. The molecular formula is C12H13NO6S2. The van der Waals surface area contributed by atoms with Crippen molar-refractivity contribution in [3.63, 3.8) is 0 Å². The van der Waals surface area contributed by atoms with Crippen molar-refractivity contribution in [3.8, 4) is 0 Å². The Morgan fingerprint density at radius 1 is 1.10 bits per heavy atom. The van der Waals surface area contributed by atoms with Crippen molar-refractivity contribution < 1.29 is 26.2 Å². The molecule has 9 heteroatoms. The average Bonchev–Trinajstić information content (AvgIpc) is 2.66. The molecule has 2 rings (SSSR count). The maximum atomic E-state index is 12.0. The lowest BCUT2D eigenvalue weighted by Crippen LogP contribution is -2.30. The van der Waals surface area contributed by atoms with Crippen LogP contribution in [0.25, 0.3) is 0 Å². The standard InChI is InChI=1S/C12H13NO6S2/c14-11-9-5-1-2-6-10(9)12(15)13(11)7-3-4-8-20-19-21(16,17)18/h1-2,5-6H,3-4,7-8H2,(H,16,17,18). The van der Waals surface area contributed by atoms with Gasteiger partial charge in [-0.3, -0.25) is 19.0 Å². The topological polar surface area (TPSA) is 101 Å². The molecule has 0 atom stereocenters. The van der Waals surface area contributed by atoms with E-state index in [1.165, 1.54) is 4.90 Å². The number of hydrogen-bond acceptors (Lipinski definition) is 6. The van der Waals surface area contributed by atoms with E-state index in [0.29, 0.717) is 41.8 Å². The predicted octanol–water partition coefficient (Wildman–Crippen LogP) is 1.53. The normalized spacial score (nSPS) is 14.6. The number of fused-ring (bicyclic) bond motifs is 1. The highest BCUT2D eigenvalue weighted by Crippen LogP contribution is 2.22. The first kappa shape index (κ1) is 16.0. The van der Waals surface area contributed by atoms with Gasteiger partial charge < -0.3 is 0 Å². The van der Waals surface area contributed by atoms with E-state index >= 15 is 0 Å². The Labute approximate surface area is 126 Å². The summed E-state index contributed by atoms with van der Waals surface area (Å²) in [6.45, 7) is 0.263. The summed E-state index contributed by atoms with van der Waals surface area (Å²) in [5.41, 5.74) is 0.818. The number of rotatable bonds is 7. The first-order valence-corrected chi connectivity index (χ1v) is 8.41. The molecule has 0 spiro atoms. The van der Waals surface area contributed by atoms with Gasteiger partial charge in [0.25, 0.3) is 11.8 Å². The summed E-state index contributed by atoms with van der Waals surface area (Å²) < 4.78 is 33.0. The van der Waals surface area contributed by atoms with Crippen LogP contribution in [0.1, 0.15) is 33.6 Å². The number of nitrogens with zero attached hydrogens (tertiary/aromatic N) is 1. The molecule has 0 unspecified atom stereocenters. The van der Waals surface area contributed by atoms with E-state index in [4.69, 9.17) is 4.55 Å². The third-order valence-electron chi connectivity index (χ3n) is 2.87. The van der Waals surface area contributed by atoms with E-state index in [0.717, 1.165) is 0 Å². The number of benzene rings is 1. The van der Waals surface area contributed by atoms with Crippen molar-refractivity contribution in [1.82, 2.24) is 4.90 Å². The summed E-state index contributed by atoms with van der Waals surface area (Å²) in [6.07, 6.45) is 1.06. The molecule has 0 bridgehead atoms. The quantitative estimate of drug-likeness (QED) is 0.350. The van der Waals surface area contributed by atoms with Crippen LogP contribution in [0.4, 0.5) is 0 Å². The van der Waals surface area contributed by atoms with E-state index in [9.17, 15) is 18.0 Å². The predicted molar refractivity (Wildman–Crippen MR) is 76.1 cm³/mol. The highest BCUT2D eigenvalue weighted by Gasteiger charge is 2.34. The smallest absolute Gasteiger partial charge is 0.274 e. The third kappa shape index (κ3) is 4.03. The van der Waals surface area contributed by atoms with Gasteiger partial charge in [0.1, 0.15) is 0 Å². The molecule has 1 aliphatic rings. The van der Waals surface area contributed by atoms with Gasteiger partial charge in [-0.2, -0.15) is 12.0 Å². The molecule has 0 aliphatic carbocycles. The second kappa shape index (κ2) is 6.56. The van der Waals surface area contributed by atoms with Crippen molar-refractivity contribution in [2.75, 3.05) is 12.3 Å². The van der Waals surface area contributed by atoms with E-state index in [1.54, 1.807) is 24.3 Å². The summed E-state index contributed by atoms with van der Waals surface area (Å²) in [4.78, 5) is 25.2. The molecule has 2 amide bonds. The Kier molecular flexibility index (Phi) is 4.99. The Balaban J connectivity index is 1.78. The van der Waals surface area contributed by atoms with Crippen LogP contribution in [-0.2, 0) is 14.0 Å². The fourth-order valence-electron chi connectivity index (χ4n) is 1.97. The van der Waals surface area contributed by atoms with Crippen LogP contribution < -0.4 is 0 Å². The Morgan fingerprint density at radius 3 is 2.19 bits per heavy atom. The summed E-state index contributed by atoms with van der Waals surface area (Å²) >= 11 is 0.605. The molecule has 1 aromatic carbocycles. The zero-order valence-electron chi connectivity index (χ0n) is 10.9. The van der Waals surface area contributed by atoms with Gasteiger partial charge in [0, 0.05) is 24.3 Å². The number of carbonyl (C=O) groups excluding carboxylic acids is 2.